The Hall–Kier alpha value is -2.24. The number of hydrogen-bond acceptors (Lipinski definition) is 6. The van der Waals surface area contributed by atoms with E-state index in [0.29, 0.717) is 0 Å². The number of carbonyl (C=O) groups excluding carboxylic acids is 1. The molecule has 25 heavy (non-hydrogen) atoms. The molecule has 1 aromatic carbocycles. The Labute approximate surface area is 146 Å². The molecule has 1 saturated carbocycles. The summed E-state index contributed by atoms with van der Waals surface area (Å²) in [6, 6.07) is 11.4. The molecule has 2 N–H and O–H groups in total. The summed E-state index contributed by atoms with van der Waals surface area (Å²) in [5.74, 6) is -5.06. The van der Waals surface area contributed by atoms with Gasteiger partial charge in [-0.3, -0.25) is 4.79 Å². The first-order valence-corrected chi connectivity index (χ1v) is 7.61. The largest absolute Gasteiger partial charge is 0.368 e. The minimum absolute atomic E-state index is 0.849. The van der Waals surface area contributed by atoms with Gasteiger partial charge in [0.2, 0.25) is 17.1 Å². The van der Waals surface area contributed by atoms with Gasteiger partial charge in [-0.1, -0.05) is 42.5 Å². The first-order chi connectivity index (χ1) is 12.0. The van der Waals surface area contributed by atoms with Gasteiger partial charge in [-0.05, 0) is 5.56 Å². The maximum Gasteiger partial charge on any atom is 0.253 e. The molecule has 0 bridgehead atoms. The maximum absolute atomic E-state index is 12.3. The average Bonchev–Trinajstić information content (AvgIpc) is 2.63. The summed E-state index contributed by atoms with van der Waals surface area (Å²) in [4.78, 5) is 12.3. The zero-order valence-electron chi connectivity index (χ0n) is 14.7. The van der Waals surface area contributed by atoms with Crippen LogP contribution in [0.25, 0.3) is 6.08 Å². The van der Waals surface area contributed by atoms with Gasteiger partial charge in [-0.2, -0.15) is 5.26 Å². The number of carbonyl (C=O) groups is 1. The monoisotopic (exact) mass is 346 g/mol. The lowest BCUT2D eigenvalue weighted by Crippen LogP contribution is -2.86. The summed E-state index contributed by atoms with van der Waals surface area (Å²) in [6.07, 6.45) is 3.42. The molecule has 7 nitrogen and oxygen atoms in total. The summed E-state index contributed by atoms with van der Waals surface area (Å²) >= 11 is 0. The number of ether oxygens (including phenoxy) is 4. The van der Waals surface area contributed by atoms with E-state index in [1.807, 2.05) is 36.4 Å². The van der Waals surface area contributed by atoms with Gasteiger partial charge in [-0.15, -0.1) is 0 Å². The van der Waals surface area contributed by atoms with Crippen LogP contribution in [0.15, 0.2) is 36.4 Å². The zero-order chi connectivity index (χ0) is 18.7. The summed E-state index contributed by atoms with van der Waals surface area (Å²) in [5.41, 5.74) is 4.65. The van der Waals surface area contributed by atoms with Gasteiger partial charge in [-0.25, -0.2) is 0 Å². The van der Waals surface area contributed by atoms with E-state index in [1.54, 1.807) is 12.2 Å². The van der Waals surface area contributed by atoms with Crippen molar-refractivity contribution in [2.45, 2.75) is 11.6 Å². The fourth-order valence-corrected chi connectivity index (χ4v) is 3.74. The Balaban J connectivity index is 2.63. The molecule has 0 saturated heterocycles. The van der Waals surface area contributed by atoms with E-state index in [9.17, 15) is 10.1 Å². The van der Waals surface area contributed by atoms with E-state index in [0.717, 1.165) is 5.56 Å². The van der Waals surface area contributed by atoms with E-state index in [2.05, 4.69) is 0 Å². The Bertz CT molecular complexity index is 689. The van der Waals surface area contributed by atoms with Gasteiger partial charge < -0.3 is 24.7 Å². The van der Waals surface area contributed by atoms with Crippen LogP contribution in [0.4, 0.5) is 0 Å². The third kappa shape index (κ3) is 2.23. The summed E-state index contributed by atoms with van der Waals surface area (Å²) < 4.78 is 22.0. The van der Waals surface area contributed by atoms with Crippen molar-refractivity contribution < 1.29 is 23.7 Å². The fourth-order valence-electron chi connectivity index (χ4n) is 3.74. The number of hydrogen-bond donors (Lipinski definition) is 1. The molecule has 0 spiro atoms. The standard InChI is InChI=1S/C18H22N2O5/c1-22-17(23-2)14(11-10-13-8-6-5-7-9-13)16(12-19,15(20)21)18(17,24-3)25-4/h5-11,14H,1-4H3,(H2,20,21)/b11-10+. The molecular weight excluding hydrogens is 324 g/mol. The molecular formula is C18H22N2O5. The minimum atomic E-state index is -1.83. The number of amides is 1. The molecule has 2 unspecified atom stereocenters. The van der Waals surface area contributed by atoms with E-state index in [-0.39, 0.29) is 0 Å². The van der Waals surface area contributed by atoms with Gasteiger partial charge in [0.25, 0.3) is 5.79 Å². The number of benzene rings is 1. The van der Waals surface area contributed by atoms with Crippen LogP contribution in [0, 0.1) is 22.7 Å². The van der Waals surface area contributed by atoms with Crippen molar-refractivity contribution in [3.8, 4) is 6.07 Å². The van der Waals surface area contributed by atoms with Crippen molar-refractivity contribution in [1.29, 1.82) is 5.26 Å². The van der Waals surface area contributed by atoms with Crippen molar-refractivity contribution >= 4 is 12.0 Å². The quantitative estimate of drug-likeness (QED) is 0.747. The third-order valence-corrected chi connectivity index (χ3v) is 4.88. The number of rotatable bonds is 7. The van der Waals surface area contributed by atoms with Gasteiger partial charge >= 0.3 is 0 Å². The zero-order valence-corrected chi connectivity index (χ0v) is 14.7. The predicted octanol–water partition coefficient (Wildman–Crippen LogP) is 1.30. The van der Waals surface area contributed by atoms with Crippen LogP contribution in [-0.2, 0) is 23.7 Å². The number of nitrogens with two attached hydrogens (primary N) is 1. The molecule has 7 heteroatoms. The van der Waals surface area contributed by atoms with Crippen LogP contribution in [0.1, 0.15) is 5.56 Å². The molecule has 0 aromatic heterocycles. The molecule has 0 aliphatic heterocycles. The van der Waals surface area contributed by atoms with Crippen LogP contribution in [0.3, 0.4) is 0 Å². The highest BCUT2D eigenvalue weighted by atomic mass is 16.8. The predicted molar refractivity (Wildman–Crippen MR) is 89.7 cm³/mol. The highest BCUT2D eigenvalue weighted by Gasteiger charge is 2.87. The fraction of sp³-hybridized carbons (Fsp3) is 0.444. The maximum atomic E-state index is 12.3. The van der Waals surface area contributed by atoms with Crippen molar-refractivity contribution in [1.82, 2.24) is 0 Å². The second kappa shape index (κ2) is 6.94. The third-order valence-electron chi connectivity index (χ3n) is 4.88. The van der Waals surface area contributed by atoms with E-state index in [1.165, 1.54) is 28.4 Å². The van der Waals surface area contributed by atoms with Crippen molar-refractivity contribution in [2.24, 2.45) is 17.1 Å². The van der Waals surface area contributed by atoms with Gasteiger partial charge in [0.05, 0.1) is 12.0 Å². The first-order valence-electron chi connectivity index (χ1n) is 7.61. The van der Waals surface area contributed by atoms with Crippen LogP contribution < -0.4 is 5.73 Å². The summed E-state index contributed by atoms with van der Waals surface area (Å²) in [5, 5.41) is 9.84. The molecule has 0 heterocycles. The van der Waals surface area contributed by atoms with Gasteiger partial charge in [0.1, 0.15) is 0 Å². The van der Waals surface area contributed by atoms with E-state index < -0.39 is 28.8 Å². The molecule has 1 aliphatic rings. The highest BCUT2D eigenvalue weighted by molar-refractivity contribution is 5.88. The highest BCUT2D eigenvalue weighted by Crippen LogP contribution is 2.65. The lowest BCUT2D eigenvalue weighted by atomic mass is 9.50. The smallest absolute Gasteiger partial charge is 0.253 e. The van der Waals surface area contributed by atoms with E-state index >= 15 is 0 Å². The van der Waals surface area contributed by atoms with Crippen LogP contribution in [0.5, 0.6) is 0 Å². The molecule has 1 fully saturated rings. The van der Waals surface area contributed by atoms with Crippen molar-refractivity contribution in [3.63, 3.8) is 0 Å². The number of nitrogens with zero attached hydrogens (tertiary/aromatic N) is 1. The van der Waals surface area contributed by atoms with Crippen LogP contribution in [0.2, 0.25) is 0 Å². The number of nitriles is 1. The molecule has 1 aliphatic carbocycles. The van der Waals surface area contributed by atoms with E-state index in [4.69, 9.17) is 24.7 Å². The molecule has 134 valence electrons. The molecule has 1 amide bonds. The Morgan fingerprint density at radius 2 is 1.68 bits per heavy atom. The second-order valence-corrected chi connectivity index (χ2v) is 5.63. The van der Waals surface area contributed by atoms with Gasteiger partial charge in [0.15, 0.2) is 0 Å². The lowest BCUT2D eigenvalue weighted by Gasteiger charge is -2.65. The van der Waals surface area contributed by atoms with Crippen LogP contribution >= 0.6 is 0 Å². The topological polar surface area (TPSA) is 104 Å². The lowest BCUT2D eigenvalue weighted by molar-refractivity contribution is -0.490. The molecule has 0 radical (unpaired) electrons. The number of primary amides is 1. The Morgan fingerprint density at radius 3 is 2.08 bits per heavy atom. The van der Waals surface area contributed by atoms with Crippen LogP contribution in [-0.4, -0.2) is 45.9 Å². The SMILES string of the molecule is COC1(OC)C(/C=C/c2ccccc2)C(C#N)(C(N)=O)C1(OC)OC. The van der Waals surface area contributed by atoms with Crippen molar-refractivity contribution in [3.05, 3.63) is 42.0 Å². The van der Waals surface area contributed by atoms with Gasteiger partial charge in [0, 0.05) is 28.4 Å². The normalized spacial score (nSPS) is 26.8. The first kappa shape index (κ1) is 19.1. The van der Waals surface area contributed by atoms with Crippen molar-refractivity contribution in [2.75, 3.05) is 28.4 Å². The summed E-state index contributed by atoms with van der Waals surface area (Å²) in [7, 11) is 5.40. The number of methoxy groups -OCH3 is 4. The molecule has 1 aromatic rings. The Kier molecular flexibility index (Phi) is 5.30. The minimum Gasteiger partial charge on any atom is -0.368 e. The average molecular weight is 346 g/mol. The molecule has 2 rings (SSSR count). The molecule has 2 atom stereocenters. The summed E-state index contributed by atoms with van der Waals surface area (Å²) in [6.45, 7) is 0. The second-order valence-electron chi connectivity index (χ2n) is 5.63. The Morgan fingerprint density at radius 1 is 1.12 bits per heavy atom.